The quantitative estimate of drug-likeness (QED) is 0.766. The molecule has 2 aromatic rings. The number of benzene rings is 1. The van der Waals surface area contributed by atoms with Gasteiger partial charge >= 0.3 is 0 Å². The van der Waals surface area contributed by atoms with Crippen molar-refractivity contribution in [3.8, 4) is 5.88 Å². The standard InChI is InChI=1S/C13H10Cl3NO/c14-10-5-4-9(11(15)8-10)6-7-18-13-3-1-2-12(16)17-13/h1-5,8H,6-7H2. The van der Waals surface area contributed by atoms with Crippen LogP contribution in [-0.2, 0) is 6.42 Å². The van der Waals surface area contributed by atoms with E-state index in [2.05, 4.69) is 4.98 Å². The maximum absolute atomic E-state index is 6.06. The number of hydrogen-bond donors (Lipinski definition) is 0. The Labute approximate surface area is 120 Å². The van der Waals surface area contributed by atoms with Gasteiger partial charge in [-0.2, -0.15) is 0 Å². The molecule has 0 bridgehead atoms. The summed E-state index contributed by atoms with van der Waals surface area (Å²) in [6, 6.07) is 10.7. The summed E-state index contributed by atoms with van der Waals surface area (Å²) >= 11 is 17.6. The lowest BCUT2D eigenvalue weighted by Gasteiger charge is -2.07. The lowest BCUT2D eigenvalue weighted by Crippen LogP contribution is -2.03. The summed E-state index contributed by atoms with van der Waals surface area (Å²) in [5, 5.41) is 1.68. The molecule has 18 heavy (non-hydrogen) atoms. The topological polar surface area (TPSA) is 22.1 Å². The molecule has 0 aliphatic rings. The van der Waals surface area contributed by atoms with Gasteiger partial charge in [0.2, 0.25) is 5.88 Å². The molecule has 0 saturated carbocycles. The van der Waals surface area contributed by atoms with Gasteiger partial charge in [0.15, 0.2) is 0 Å². The normalized spacial score (nSPS) is 10.4. The minimum absolute atomic E-state index is 0.414. The van der Waals surface area contributed by atoms with Crippen LogP contribution in [0.2, 0.25) is 15.2 Å². The van der Waals surface area contributed by atoms with Crippen molar-refractivity contribution in [2.75, 3.05) is 6.61 Å². The van der Waals surface area contributed by atoms with E-state index in [0.717, 1.165) is 5.56 Å². The Morgan fingerprint density at radius 1 is 1.06 bits per heavy atom. The van der Waals surface area contributed by atoms with Gasteiger partial charge in [-0.3, -0.25) is 0 Å². The molecule has 0 aliphatic carbocycles. The smallest absolute Gasteiger partial charge is 0.214 e. The summed E-state index contributed by atoms with van der Waals surface area (Å²) < 4.78 is 5.49. The number of ether oxygens (including phenoxy) is 1. The first-order valence-electron chi connectivity index (χ1n) is 5.34. The third kappa shape index (κ3) is 3.77. The third-order valence-corrected chi connectivity index (χ3v) is 3.12. The van der Waals surface area contributed by atoms with Crippen molar-refractivity contribution in [2.24, 2.45) is 0 Å². The molecule has 1 aromatic carbocycles. The van der Waals surface area contributed by atoms with E-state index in [9.17, 15) is 0 Å². The van der Waals surface area contributed by atoms with Crippen LogP contribution in [0.1, 0.15) is 5.56 Å². The number of aromatic nitrogens is 1. The summed E-state index contributed by atoms with van der Waals surface area (Å²) in [6.45, 7) is 0.481. The highest BCUT2D eigenvalue weighted by atomic mass is 35.5. The van der Waals surface area contributed by atoms with Gasteiger partial charge in [-0.1, -0.05) is 46.9 Å². The van der Waals surface area contributed by atoms with Crippen molar-refractivity contribution in [3.05, 3.63) is 57.2 Å². The molecule has 0 spiro atoms. The first-order chi connectivity index (χ1) is 8.65. The summed E-state index contributed by atoms with van der Waals surface area (Å²) in [5.74, 6) is 0.507. The van der Waals surface area contributed by atoms with Crippen molar-refractivity contribution in [1.29, 1.82) is 0 Å². The average Bonchev–Trinajstić information content (AvgIpc) is 2.32. The fourth-order valence-corrected chi connectivity index (χ4v) is 2.12. The molecule has 0 saturated heterocycles. The molecular weight excluding hydrogens is 293 g/mol. The minimum atomic E-state index is 0.414. The van der Waals surface area contributed by atoms with Crippen molar-refractivity contribution in [3.63, 3.8) is 0 Å². The molecule has 0 atom stereocenters. The second-order valence-corrected chi connectivity index (χ2v) is 4.86. The van der Waals surface area contributed by atoms with Crippen LogP contribution in [0.5, 0.6) is 5.88 Å². The van der Waals surface area contributed by atoms with E-state index in [1.807, 2.05) is 6.07 Å². The highest BCUT2D eigenvalue weighted by Crippen LogP contribution is 2.21. The molecule has 0 fully saturated rings. The SMILES string of the molecule is Clc1ccc(CCOc2cccc(Cl)n2)c(Cl)c1. The van der Waals surface area contributed by atoms with Crippen LogP contribution in [-0.4, -0.2) is 11.6 Å². The Hall–Kier alpha value is -0.960. The molecular formula is C13H10Cl3NO. The number of rotatable bonds is 4. The van der Waals surface area contributed by atoms with Crippen molar-refractivity contribution >= 4 is 34.8 Å². The van der Waals surface area contributed by atoms with Gasteiger partial charge in [0, 0.05) is 22.5 Å². The monoisotopic (exact) mass is 301 g/mol. The maximum Gasteiger partial charge on any atom is 0.214 e. The predicted octanol–water partition coefficient (Wildman–Crippen LogP) is 4.66. The van der Waals surface area contributed by atoms with Crippen LogP contribution < -0.4 is 4.74 Å². The zero-order valence-corrected chi connectivity index (χ0v) is 11.6. The first kappa shape index (κ1) is 13.5. The molecule has 0 radical (unpaired) electrons. The first-order valence-corrected chi connectivity index (χ1v) is 6.48. The Kier molecular flexibility index (Phi) is 4.70. The highest BCUT2D eigenvalue weighted by Gasteiger charge is 2.02. The lowest BCUT2D eigenvalue weighted by molar-refractivity contribution is 0.309. The fourth-order valence-electron chi connectivity index (χ4n) is 1.46. The molecule has 2 nitrogen and oxygen atoms in total. The molecule has 5 heteroatoms. The van der Waals surface area contributed by atoms with E-state index in [-0.39, 0.29) is 0 Å². The van der Waals surface area contributed by atoms with Crippen LogP contribution in [0.25, 0.3) is 0 Å². The van der Waals surface area contributed by atoms with Gasteiger partial charge in [-0.15, -0.1) is 0 Å². The van der Waals surface area contributed by atoms with E-state index in [4.69, 9.17) is 39.5 Å². The number of pyridine rings is 1. The largest absolute Gasteiger partial charge is 0.477 e. The van der Waals surface area contributed by atoms with Crippen molar-refractivity contribution < 1.29 is 4.74 Å². The van der Waals surface area contributed by atoms with Crippen LogP contribution in [0.3, 0.4) is 0 Å². The second-order valence-electron chi connectivity index (χ2n) is 3.63. The number of nitrogens with zero attached hydrogens (tertiary/aromatic N) is 1. The molecule has 1 aromatic heterocycles. The van der Waals surface area contributed by atoms with Gasteiger partial charge in [0.25, 0.3) is 0 Å². The fraction of sp³-hybridized carbons (Fsp3) is 0.154. The molecule has 2 rings (SSSR count). The summed E-state index contributed by atoms with van der Waals surface area (Å²) in [7, 11) is 0. The van der Waals surface area contributed by atoms with Gasteiger partial charge in [-0.25, -0.2) is 4.98 Å². The Morgan fingerprint density at radius 3 is 2.61 bits per heavy atom. The summed E-state index contributed by atoms with van der Waals surface area (Å²) in [4.78, 5) is 4.03. The van der Waals surface area contributed by atoms with E-state index in [1.165, 1.54) is 0 Å². The Morgan fingerprint density at radius 2 is 1.89 bits per heavy atom. The second kappa shape index (κ2) is 6.28. The molecule has 0 unspecified atom stereocenters. The Balaban J connectivity index is 1.92. The molecule has 1 heterocycles. The average molecular weight is 303 g/mol. The van der Waals surface area contributed by atoms with E-state index in [0.29, 0.717) is 34.1 Å². The van der Waals surface area contributed by atoms with Crippen molar-refractivity contribution in [2.45, 2.75) is 6.42 Å². The zero-order valence-electron chi connectivity index (χ0n) is 9.37. The summed E-state index contributed by atoms with van der Waals surface area (Å²) in [6.07, 6.45) is 0.685. The molecule has 0 amide bonds. The van der Waals surface area contributed by atoms with Gasteiger partial charge in [-0.05, 0) is 23.8 Å². The van der Waals surface area contributed by atoms with Crippen LogP contribution in [0.4, 0.5) is 0 Å². The van der Waals surface area contributed by atoms with Gasteiger partial charge < -0.3 is 4.74 Å². The minimum Gasteiger partial charge on any atom is -0.477 e. The van der Waals surface area contributed by atoms with E-state index in [1.54, 1.807) is 30.3 Å². The van der Waals surface area contributed by atoms with Gasteiger partial charge in [0.05, 0.1) is 6.61 Å². The lowest BCUT2D eigenvalue weighted by atomic mass is 10.2. The third-order valence-electron chi connectivity index (χ3n) is 2.33. The number of hydrogen-bond acceptors (Lipinski definition) is 2. The zero-order chi connectivity index (χ0) is 13.0. The molecule has 0 aliphatic heterocycles. The van der Waals surface area contributed by atoms with Gasteiger partial charge in [0.1, 0.15) is 5.15 Å². The predicted molar refractivity (Wildman–Crippen MR) is 74.9 cm³/mol. The summed E-state index contributed by atoms with van der Waals surface area (Å²) in [5.41, 5.74) is 0.989. The van der Waals surface area contributed by atoms with Crippen LogP contribution >= 0.6 is 34.8 Å². The van der Waals surface area contributed by atoms with E-state index >= 15 is 0 Å². The number of halogens is 3. The maximum atomic E-state index is 6.06. The van der Waals surface area contributed by atoms with E-state index < -0.39 is 0 Å². The highest BCUT2D eigenvalue weighted by molar-refractivity contribution is 6.35. The molecule has 94 valence electrons. The van der Waals surface area contributed by atoms with Crippen molar-refractivity contribution in [1.82, 2.24) is 4.98 Å². The van der Waals surface area contributed by atoms with Crippen LogP contribution in [0, 0.1) is 0 Å². The van der Waals surface area contributed by atoms with Crippen LogP contribution in [0.15, 0.2) is 36.4 Å². The Bertz CT molecular complexity index is 546. The molecule has 0 N–H and O–H groups in total.